The molecular weight excluding hydrogens is 344 g/mol. The number of nitrogens with one attached hydrogen (secondary N) is 3. The summed E-state index contributed by atoms with van der Waals surface area (Å²) in [7, 11) is 1.74. The predicted octanol–water partition coefficient (Wildman–Crippen LogP) is 2.81. The summed E-state index contributed by atoms with van der Waals surface area (Å²) in [6.45, 7) is 3.92. The fraction of sp³-hybridized carbons (Fsp3) is 0.300. The maximum Gasteiger partial charge on any atom is 0.251 e. The molecule has 3 N–H and O–H groups in total. The summed E-state index contributed by atoms with van der Waals surface area (Å²) in [4.78, 5) is 17.5. The molecule has 138 valence electrons. The van der Waals surface area contributed by atoms with Gasteiger partial charge in [0.2, 0.25) is 0 Å². The second-order valence-corrected chi connectivity index (χ2v) is 6.64. The number of carbonyl (C=O) groups is 1. The summed E-state index contributed by atoms with van der Waals surface area (Å²) in [5, 5.41) is 9.41. The molecule has 0 atom stereocenters. The molecule has 0 saturated carbocycles. The number of carbonyl (C=O) groups excluding carboxylic acids is 1. The van der Waals surface area contributed by atoms with Crippen LogP contribution in [-0.2, 0) is 6.54 Å². The molecule has 0 aliphatic carbocycles. The van der Waals surface area contributed by atoms with Gasteiger partial charge in [0, 0.05) is 37.1 Å². The Hall–Kier alpha value is -2.47. The lowest BCUT2D eigenvalue weighted by Crippen LogP contribution is -2.41. The van der Waals surface area contributed by atoms with Gasteiger partial charge in [-0.3, -0.25) is 9.79 Å². The zero-order valence-corrected chi connectivity index (χ0v) is 16.3. The number of amides is 1. The van der Waals surface area contributed by atoms with Crippen LogP contribution >= 0.6 is 11.8 Å². The highest BCUT2D eigenvalue weighted by Gasteiger charge is 2.05. The van der Waals surface area contributed by atoms with Gasteiger partial charge in [-0.25, -0.2) is 0 Å². The lowest BCUT2D eigenvalue weighted by Gasteiger charge is -2.14. The number of benzene rings is 2. The molecule has 0 bridgehead atoms. The summed E-state index contributed by atoms with van der Waals surface area (Å²) >= 11 is 1.74. The molecule has 2 aromatic carbocycles. The largest absolute Gasteiger partial charge is 0.355 e. The number of hydrogen-bond acceptors (Lipinski definition) is 3. The molecule has 0 saturated heterocycles. The van der Waals surface area contributed by atoms with Crippen molar-refractivity contribution in [3.05, 3.63) is 65.2 Å². The Kier molecular flexibility index (Phi) is 8.02. The van der Waals surface area contributed by atoms with Crippen LogP contribution in [-0.4, -0.2) is 38.3 Å². The molecule has 0 spiro atoms. The van der Waals surface area contributed by atoms with Gasteiger partial charge < -0.3 is 16.0 Å². The van der Waals surface area contributed by atoms with Crippen molar-refractivity contribution in [3.63, 3.8) is 0 Å². The third-order valence-electron chi connectivity index (χ3n) is 3.85. The molecule has 6 heteroatoms. The van der Waals surface area contributed by atoms with E-state index in [4.69, 9.17) is 0 Å². The molecule has 0 fully saturated rings. The van der Waals surface area contributed by atoms with Crippen molar-refractivity contribution in [3.8, 4) is 0 Å². The van der Waals surface area contributed by atoms with Gasteiger partial charge in [-0.15, -0.1) is 11.8 Å². The average Bonchev–Trinajstić information content (AvgIpc) is 2.68. The van der Waals surface area contributed by atoms with Gasteiger partial charge in [0.25, 0.3) is 5.91 Å². The van der Waals surface area contributed by atoms with Crippen LogP contribution in [0, 0.1) is 6.92 Å². The molecule has 0 aliphatic heterocycles. The highest BCUT2D eigenvalue weighted by Crippen LogP contribution is 2.21. The second kappa shape index (κ2) is 10.5. The van der Waals surface area contributed by atoms with Crippen LogP contribution in [0.15, 0.2) is 58.4 Å². The highest BCUT2D eigenvalue weighted by molar-refractivity contribution is 7.98. The quantitative estimate of drug-likeness (QED) is 0.303. The number of aryl methyl sites for hydroxylation is 1. The van der Waals surface area contributed by atoms with Crippen molar-refractivity contribution in [2.24, 2.45) is 4.99 Å². The Morgan fingerprint density at radius 1 is 1.04 bits per heavy atom. The molecule has 0 heterocycles. The Morgan fingerprint density at radius 2 is 1.77 bits per heavy atom. The van der Waals surface area contributed by atoms with Gasteiger partial charge in [-0.2, -0.15) is 0 Å². The molecular formula is C20H26N4OS. The third-order valence-corrected chi connectivity index (χ3v) is 4.67. The maximum absolute atomic E-state index is 12.0. The fourth-order valence-electron chi connectivity index (χ4n) is 2.45. The van der Waals surface area contributed by atoms with Gasteiger partial charge in [-0.1, -0.05) is 30.3 Å². The molecule has 0 aromatic heterocycles. The predicted molar refractivity (Wildman–Crippen MR) is 110 cm³/mol. The molecule has 5 nitrogen and oxygen atoms in total. The minimum absolute atomic E-state index is 0.0698. The van der Waals surface area contributed by atoms with Gasteiger partial charge in [0.05, 0.1) is 0 Å². The third kappa shape index (κ3) is 6.11. The van der Waals surface area contributed by atoms with Crippen molar-refractivity contribution in [2.75, 3.05) is 26.4 Å². The summed E-state index contributed by atoms with van der Waals surface area (Å²) in [5.41, 5.74) is 3.16. The minimum Gasteiger partial charge on any atom is -0.355 e. The van der Waals surface area contributed by atoms with Crippen LogP contribution in [0.25, 0.3) is 0 Å². The monoisotopic (exact) mass is 370 g/mol. The van der Waals surface area contributed by atoms with Gasteiger partial charge in [-0.05, 0) is 42.5 Å². The van der Waals surface area contributed by atoms with E-state index in [0.717, 1.165) is 0 Å². The second-order valence-electron chi connectivity index (χ2n) is 5.79. The first kappa shape index (κ1) is 19.8. The van der Waals surface area contributed by atoms with E-state index in [0.29, 0.717) is 31.2 Å². The Bertz CT molecular complexity index is 747. The summed E-state index contributed by atoms with van der Waals surface area (Å²) < 4.78 is 0. The number of thioether (sulfide) groups is 1. The smallest absolute Gasteiger partial charge is 0.251 e. The molecule has 2 aromatic rings. The van der Waals surface area contributed by atoms with E-state index in [-0.39, 0.29) is 5.91 Å². The standard InChI is InChI=1S/C20H26N4OS/c1-15-9-10-17(18(13-15)26-3)14-24-20(21-2)23-12-11-22-19(25)16-7-5-4-6-8-16/h4-10,13H,11-12,14H2,1-3H3,(H,22,25)(H2,21,23,24). The Balaban J connectivity index is 1.75. The van der Waals surface area contributed by atoms with Gasteiger partial charge in [0.1, 0.15) is 0 Å². The number of guanidine groups is 1. The first-order valence-corrected chi connectivity index (χ1v) is 9.77. The first-order valence-electron chi connectivity index (χ1n) is 8.55. The van der Waals surface area contributed by atoms with Crippen LogP contribution in [0.5, 0.6) is 0 Å². The number of hydrogen-bond donors (Lipinski definition) is 3. The van der Waals surface area contributed by atoms with E-state index >= 15 is 0 Å². The van der Waals surface area contributed by atoms with Gasteiger partial charge in [0.15, 0.2) is 5.96 Å². The van der Waals surface area contributed by atoms with E-state index in [1.807, 2.05) is 18.2 Å². The minimum atomic E-state index is -0.0698. The number of aliphatic imine (C=N–C) groups is 1. The van der Waals surface area contributed by atoms with E-state index in [1.165, 1.54) is 16.0 Å². The van der Waals surface area contributed by atoms with E-state index in [1.54, 1.807) is 30.9 Å². The zero-order valence-electron chi connectivity index (χ0n) is 15.5. The lowest BCUT2D eigenvalue weighted by molar-refractivity contribution is 0.0954. The summed E-state index contributed by atoms with van der Waals surface area (Å²) in [5.74, 6) is 0.645. The zero-order chi connectivity index (χ0) is 18.8. The Morgan fingerprint density at radius 3 is 2.46 bits per heavy atom. The highest BCUT2D eigenvalue weighted by atomic mass is 32.2. The van der Waals surface area contributed by atoms with Crippen molar-refractivity contribution in [2.45, 2.75) is 18.4 Å². The number of rotatable bonds is 7. The van der Waals surface area contributed by atoms with Crippen LogP contribution in [0.3, 0.4) is 0 Å². The van der Waals surface area contributed by atoms with Crippen LogP contribution in [0.4, 0.5) is 0 Å². The average molecular weight is 371 g/mol. The van der Waals surface area contributed by atoms with Crippen LogP contribution in [0.2, 0.25) is 0 Å². The maximum atomic E-state index is 12.0. The van der Waals surface area contributed by atoms with Crippen molar-refractivity contribution >= 4 is 23.6 Å². The van der Waals surface area contributed by atoms with Crippen molar-refractivity contribution in [1.29, 1.82) is 0 Å². The Labute approximate surface area is 159 Å². The normalized spacial score (nSPS) is 11.1. The van der Waals surface area contributed by atoms with Crippen molar-refractivity contribution < 1.29 is 4.79 Å². The molecule has 0 radical (unpaired) electrons. The first-order chi connectivity index (χ1) is 12.6. The van der Waals surface area contributed by atoms with Crippen molar-refractivity contribution in [1.82, 2.24) is 16.0 Å². The summed E-state index contributed by atoms with van der Waals surface area (Å²) in [6, 6.07) is 15.6. The topological polar surface area (TPSA) is 65.5 Å². The lowest BCUT2D eigenvalue weighted by atomic mass is 10.1. The van der Waals surface area contributed by atoms with Crippen LogP contribution in [0.1, 0.15) is 21.5 Å². The van der Waals surface area contributed by atoms with Crippen LogP contribution < -0.4 is 16.0 Å². The van der Waals surface area contributed by atoms with Gasteiger partial charge >= 0.3 is 0 Å². The van der Waals surface area contributed by atoms with E-state index < -0.39 is 0 Å². The molecule has 0 aliphatic rings. The fourth-order valence-corrected chi connectivity index (χ4v) is 3.15. The molecule has 1 amide bonds. The molecule has 0 unspecified atom stereocenters. The summed E-state index contributed by atoms with van der Waals surface area (Å²) in [6.07, 6.45) is 2.08. The van der Waals surface area contributed by atoms with E-state index in [2.05, 4.69) is 52.3 Å². The molecule has 26 heavy (non-hydrogen) atoms. The van der Waals surface area contributed by atoms with E-state index in [9.17, 15) is 4.79 Å². The molecule has 2 rings (SSSR count). The SMILES string of the molecule is CN=C(NCCNC(=O)c1ccccc1)NCc1ccc(C)cc1SC. The number of nitrogens with zero attached hydrogens (tertiary/aromatic N) is 1.